The van der Waals surface area contributed by atoms with Crippen LogP contribution in [0, 0.1) is 6.92 Å². The third kappa shape index (κ3) is 3.70. The number of hydrogen-bond donors (Lipinski definition) is 1. The highest BCUT2D eigenvalue weighted by molar-refractivity contribution is 6.10. The van der Waals surface area contributed by atoms with E-state index in [2.05, 4.69) is 15.0 Å². The summed E-state index contributed by atoms with van der Waals surface area (Å²) in [4.78, 5) is 54.6. The molecule has 3 rings (SSSR count). The molecule has 2 amide bonds. The minimum atomic E-state index is -0.853. The first-order valence-electron chi connectivity index (χ1n) is 9.40. The van der Waals surface area contributed by atoms with Crippen molar-refractivity contribution in [1.82, 2.24) is 9.55 Å². The lowest BCUT2D eigenvalue weighted by molar-refractivity contribution is -0.140. The lowest BCUT2D eigenvalue weighted by atomic mass is 9.86. The second-order valence-electron chi connectivity index (χ2n) is 7.78. The Bertz CT molecular complexity index is 1100. The van der Waals surface area contributed by atoms with Crippen LogP contribution in [0.25, 0.3) is 0 Å². The van der Waals surface area contributed by atoms with Gasteiger partial charge in [0.2, 0.25) is 11.8 Å². The van der Waals surface area contributed by atoms with E-state index in [1.165, 1.54) is 22.9 Å². The molecule has 0 fully saturated rings. The van der Waals surface area contributed by atoms with Gasteiger partial charge in [0.25, 0.3) is 5.56 Å². The standard InChI is InChI=1S/C21H24N4O5/c1-12-15(22-11-24(4)19(12)28)9-17(26)23-13-6-7-16-14(8-13)21(2,3)20(29)25(16)10-18(27)30-5/h6-8,11H,9-10H2,1-5H3,(H,23,26). The van der Waals surface area contributed by atoms with Gasteiger partial charge in [-0.25, -0.2) is 4.98 Å². The van der Waals surface area contributed by atoms with Gasteiger partial charge >= 0.3 is 5.97 Å². The Kier molecular flexibility index (Phi) is 5.47. The van der Waals surface area contributed by atoms with Crippen LogP contribution in [0.4, 0.5) is 11.4 Å². The number of fused-ring (bicyclic) bond motifs is 1. The molecule has 2 heterocycles. The molecule has 0 atom stereocenters. The Morgan fingerprint density at radius 1 is 1.23 bits per heavy atom. The largest absolute Gasteiger partial charge is 0.468 e. The first-order valence-corrected chi connectivity index (χ1v) is 9.40. The molecule has 1 aliphatic heterocycles. The average molecular weight is 412 g/mol. The van der Waals surface area contributed by atoms with Gasteiger partial charge in [-0.1, -0.05) is 0 Å². The molecule has 1 aromatic heterocycles. The monoisotopic (exact) mass is 412 g/mol. The van der Waals surface area contributed by atoms with Crippen molar-refractivity contribution in [2.45, 2.75) is 32.6 Å². The second-order valence-corrected chi connectivity index (χ2v) is 7.78. The normalized spacial score (nSPS) is 14.4. The zero-order chi connectivity index (χ0) is 22.2. The van der Waals surface area contributed by atoms with Gasteiger partial charge in [-0.05, 0) is 44.5 Å². The van der Waals surface area contributed by atoms with E-state index in [9.17, 15) is 19.2 Å². The Balaban J connectivity index is 1.83. The SMILES string of the molecule is COC(=O)CN1C(=O)C(C)(C)c2cc(NC(=O)Cc3ncn(C)c(=O)c3C)ccc21. The summed E-state index contributed by atoms with van der Waals surface area (Å²) in [5.41, 5.74) is 1.62. The summed E-state index contributed by atoms with van der Waals surface area (Å²) in [5, 5.41) is 2.79. The number of methoxy groups -OCH3 is 1. The third-order valence-electron chi connectivity index (χ3n) is 5.33. The molecule has 158 valence electrons. The first-order chi connectivity index (χ1) is 14.1. The van der Waals surface area contributed by atoms with Crippen LogP contribution in [-0.2, 0) is 38.0 Å². The number of carbonyl (C=O) groups excluding carboxylic acids is 3. The van der Waals surface area contributed by atoms with Crippen LogP contribution in [0.5, 0.6) is 0 Å². The van der Waals surface area contributed by atoms with E-state index in [0.29, 0.717) is 28.2 Å². The lowest BCUT2D eigenvalue weighted by Crippen LogP contribution is -2.39. The van der Waals surface area contributed by atoms with Crippen LogP contribution < -0.4 is 15.8 Å². The second kappa shape index (κ2) is 7.74. The molecule has 0 saturated carbocycles. The molecule has 2 aromatic rings. The van der Waals surface area contributed by atoms with Crippen molar-refractivity contribution in [2.24, 2.45) is 7.05 Å². The van der Waals surface area contributed by atoms with E-state index in [4.69, 9.17) is 0 Å². The van der Waals surface area contributed by atoms with Gasteiger partial charge in [-0.15, -0.1) is 0 Å². The predicted octanol–water partition coefficient (Wildman–Crippen LogP) is 1.07. The number of anilines is 2. The summed E-state index contributed by atoms with van der Waals surface area (Å²) in [6, 6.07) is 5.09. The summed E-state index contributed by atoms with van der Waals surface area (Å²) in [6.07, 6.45) is 1.34. The van der Waals surface area contributed by atoms with Crippen LogP contribution >= 0.6 is 0 Å². The van der Waals surface area contributed by atoms with E-state index in [1.54, 1.807) is 46.0 Å². The van der Waals surface area contributed by atoms with Gasteiger partial charge in [0.1, 0.15) is 6.54 Å². The fourth-order valence-electron chi connectivity index (χ4n) is 3.49. The van der Waals surface area contributed by atoms with E-state index in [-0.39, 0.29) is 30.3 Å². The van der Waals surface area contributed by atoms with E-state index >= 15 is 0 Å². The average Bonchev–Trinajstić information content (AvgIpc) is 2.89. The van der Waals surface area contributed by atoms with Crippen molar-refractivity contribution < 1.29 is 19.1 Å². The highest BCUT2D eigenvalue weighted by Crippen LogP contribution is 2.42. The maximum absolute atomic E-state index is 12.8. The van der Waals surface area contributed by atoms with Gasteiger partial charge in [-0.3, -0.25) is 19.2 Å². The van der Waals surface area contributed by atoms with Crippen molar-refractivity contribution in [3.63, 3.8) is 0 Å². The number of carbonyl (C=O) groups is 3. The number of nitrogens with one attached hydrogen (secondary N) is 1. The van der Waals surface area contributed by atoms with Crippen LogP contribution in [0.3, 0.4) is 0 Å². The van der Waals surface area contributed by atoms with Crippen LogP contribution in [-0.4, -0.2) is 41.0 Å². The molecule has 0 spiro atoms. The number of esters is 1. The van der Waals surface area contributed by atoms with Crippen molar-refractivity contribution in [2.75, 3.05) is 23.9 Å². The number of aromatic nitrogens is 2. The van der Waals surface area contributed by atoms with E-state index in [0.717, 1.165) is 0 Å². The fraction of sp³-hybridized carbons (Fsp3) is 0.381. The number of benzene rings is 1. The molecule has 30 heavy (non-hydrogen) atoms. The van der Waals surface area contributed by atoms with Gasteiger partial charge in [0.05, 0.1) is 31.0 Å². The van der Waals surface area contributed by atoms with E-state index < -0.39 is 11.4 Å². The molecule has 0 saturated heterocycles. The number of aryl methyl sites for hydroxylation is 1. The topological polar surface area (TPSA) is 111 Å². The minimum Gasteiger partial charge on any atom is -0.468 e. The van der Waals surface area contributed by atoms with Crippen LogP contribution in [0.2, 0.25) is 0 Å². The molecule has 1 aromatic carbocycles. The fourth-order valence-corrected chi connectivity index (χ4v) is 3.49. The highest BCUT2D eigenvalue weighted by Gasteiger charge is 2.44. The minimum absolute atomic E-state index is 0.0458. The Labute approximate surface area is 173 Å². The van der Waals surface area contributed by atoms with Gasteiger partial charge in [0.15, 0.2) is 0 Å². The number of ether oxygens (including phenoxy) is 1. The quantitative estimate of drug-likeness (QED) is 0.736. The Morgan fingerprint density at radius 2 is 1.93 bits per heavy atom. The summed E-state index contributed by atoms with van der Waals surface area (Å²) >= 11 is 0. The maximum Gasteiger partial charge on any atom is 0.325 e. The zero-order valence-corrected chi connectivity index (χ0v) is 17.6. The lowest BCUT2D eigenvalue weighted by Gasteiger charge is -2.19. The predicted molar refractivity (Wildman–Crippen MR) is 110 cm³/mol. The maximum atomic E-state index is 12.8. The number of rotatable bonds is 5. The van der Waals surface area contributed by atoms with Crippen molar-refractivity contribution in [3.05, 3.63) is 51.7 Å². The molecular formula is C21H24N4O5. The van der Waals surface area contributed by atoms with Crippen LogP contribution in [0.1, 0.15) is 30.7 Å². The van der Waals surface area contributed by atoms with Crippen molar-refractivity contribution in [1.29, 1.82) is 0 Å². The Morgan fingerprint density at radius 3 is 2.60 bits per heavy atom. The van der Waals surface area contributed by atoms with Crippen molar-refractivity contribution in [3.8, 4) is 0 Å². The smallest absolute Gasteiger partial charge is 0.325 e. The summed E-state index contributed by atoms with van der Waals surface area (Å²) in [5.74, 6) is -1.06. The zero-order valence-electron chi connectivity index (χ0n) is 17.6. The molecule has 0 bridgehead atoms. The van der Waals surface area contributed by atoms with E-state index in [1.807, 2.05) is 0 Å². The highest BCUT2D eigenvalue weighted by atomic mass is 16.5. The number of hydrogen-bond acceptors (Lipinski definition) is 6. The molecule has 9 heteroatoms. The summed E-state index contributed by atoms with van der Waals surface area (Å²) < 4.78 is 6.04. The summed E-state index contributed by atoms with van der Waals surface area (Å²) in [6.45, 7) is 5.00. The molecule has 0 unspecified atom stereocenters. The molecule has 0 aliphatic carbocycles. The van der Waals surface area contributed by atoms with Crippen LogP contribution in [0.15, 0.2) is 29.3 Å². The number of nitrogens with zero attached hydrogens (tertiary/aromatic N) is 3. The van der Waals surface area contributed by atoms with Crippen molar-refractivity contribution >= 4 is 29.2 Å². The van der Waals surface area contributed by atoms with Gasteiger partial charge in [0, 0.05) is 24.0 Å². The molecule has 1 N–H and O–H groups in total. The molecule has 0 radical (unpaired) electrons. The number of amides is 2. The third-order valence-corrected chi connectivity index (χ3v) is 5.33. The first kappa shape index (κ1) is 21.2. The molecule has 9 nitrogen and oxygen atoms in total. The summed E-state index contributed by atoms with van der Waals surface area (Å²) in [7, 11) is 2.87. The molecular weight excluding hydrogens is 388 g/mol. The van der Waals surface area contributed by atoms with Gasteiger partial charge < -0.3 is 19.5 Å². The molecule has 1 aliphatic rings. The van der Waals surface area contributed by atoms with Gasteiger partial charge in [-0.2, -0.15) is 0 Å². The Hall–Kier alpha value is -3.49.